The number of anilines is 4. The molecule has 6 N–H and O–H groups in total. The number of primary amides is 1. The molecule has 0 saturated carbocycles. The third-order valence-corrected chi connectivity index (χ3v) is 5.30. The number of rotatable bonds is 11. The lowest BCUT2D eigenvalue weighted by molar-refractivity contribution is -0.115. The smallest absolute Gasteiger partial charge is 0.295 e. The van der Waals surface area contributed by atoms with Gasteiger partial charge in [-0.25, -0.2) is 15.0 Å². The van der Waals surface area contributed by atoms with Gasteiger partial charge >= 0.3 is 0 Å². The fourth-order valence-electron chi connectivity index (χ4n) is 3.53. The maximum atomic E-state index is 12.1. The Kier molecular flexibility index (Phi) is 9.62. The van der Waals surface area contributed by atoms with Crippen LogP contribution in [0.2, 0.25) is 0 Å². The summed E-state index contributed by atoms with van der Waals surface area (Å²) in [6.07, 6.45) is 4.70. The normalized spacial score (nSPS) is 13.3. The van der Waals surface area contributed by atoms with Gasteiger partial charge in [0.05, 0.1) is 5.69 Å². The van der Waals surface area contributed by atoms with Crippen LogP contribution in [0.25, 0.3) is 0 Å². The van der Waals surface area contributed by atoms with Crippen LogP contribution in [0.4, 0.5) is 23.1 Å². The summed E-state index contributed by atoms with van der Waals surface area (Å²) in [4.78, 5) is 37.0. The lowest BCUT2D eigenvalue weighted by Crippen LogP contribution is -2.29. The van der Waals surface area contributed by atoms with Crippen molar-refractivity contribution in [3.05, 3.63) is 29.7 Å². The van der Waals surface area contributed by atoms with Gasteiger partial charge in [-0.2, -0.15) is 0 Å². The van der Waals surface area contributed by atoms with E-state index in [1.807, 2.05) is 6.92 Å². The van der Waals surface area contributed by atoms with E-state index in [-0.39, 0.29) is 23.5 Å². The SMILES string of the molecule is CC#CC(=O)NCCCNc1cc(Nc2nc(NC3CCOCC3)c(CC)nc2C(N)=O)ccn1. The predicted molar refractivity (Wildman–Crippen MR) is 134 cm³/mol. The number of carbonyl (C=O) groups is 2. The summed E-state index contributed by atoms with van der Waals surface area (Å²) in [7, 11) is 0. The van der Waals surface area contributed by atoms with Crippen molar-refractivity contribution in [3.63, 3.8) is 0 Å². The number of pyridine rings is 1. The Morgan fingerprint density at radius 1 is 1.20 bits per heavy atom. The highest BCUT2D eigenvalue weighted by atomic mass is 16.5. The monoisotopic (exact) mass is 480 g/mol. The van der Waals surface area contributed by atoms with Crippen molar-refractivity contribution in [2.45, 2.75) is 45.6 Å². The van der Waals surface area contributed by atoms with Gasteiger partial charge in [0.1, 0.15) is 5.82 Å². The van der Waals surface area contributed by atoms with Gasteiger partial charge in [-0.1, -0.05) is 12.8 Å². The van der Waals surface area contributed by atoms with E-state index in [1.54, 1.807) is 25.3 Å². The van der Waals surface area contributed by atoms with Crippen LogP contribution in [0.3, 0.4) is 0 Å². The number of hydrogen-bond donors (Lipinski definition) is 5. The summed E-state index contributed by atoms with van der Waals surface area (Å²) in [5.41, 5.74) is 7.05. The van der Waals surface area contributed by atoms with Crippen LogP contribution in [-0.2, 0) is 16.0 Å². The Balaban J connectivity index is 1.69. The fourth-order valence-corrected chi connectivity index (χ4v) is 3.53. The molecule has 0 aliphatic carbocycles. The fraction of sp³-hybridized carbons (Fsp3) is 0.458. The van der Waals surface area contributed by atoms with Crippen LogP contribution in [0.15, 0.2) is 18.3 Å². The van der Waals surface area contributed by atoms with Crippen LogP contribution in [0.5, 0.6) is 0 Å². The van der Waals surface area contributed by atoms with Crippen molar-refractivity contribution in [1.29, 1.82) is 0 Å². The first-order valence-corrected chi connectivity index (χ1v) is 11.7. The first kappa shape index (κ1) is 25.7. The molecule has 0 bridgehead atoms. The predicted octanol–water partition coefficient (Wildman–Crippen LogP) is 1.81. The Labute approximate surface area is 205 Å². The van der Waals surface area contributed by atoms with Gasteiger partial charge in [0, 0.05) is 50.3 Å². The number of ether oxygens (including phenoxy) is 1. The quantitative estimate of drug-likeness (QED) is 0.239. The summed E-state index contributed by atoms with van der Waals surface area (Å²) in [5, 5.41) is 12.5. The molecule has 3 heterocycles. The van der Waals surface area contributed by atoms with Crippen LogP contribution in [0, 0.1) is 11.8 Å². The third-order valence-electron chi connectivity index (χ3n) is 5.30. The number of nitrogens with zero attached hydrogens (tertiary/aromatic N) is 3. The third kappa shape index (κ3) is 7.82. The molecule has 2 aromatic heterocycles. The lowest BCUT2D eigenvalue weighted by atomic mass is 10.1. The first-order chi connectivity index (χ1) is 17.0. The van der Waals surface area contributed by atoms with Gasteiger partial charge in [0.15, 0.2) is 17.3 Å². The van der Waals surface area contributed by atoms with Crippen molar-refractivity contribution in [2.75, 3.05) is 42.3 Å². The zero-order valence-corrected chi connectivity index (χ0v) is 20.1. The summed E-state index contributed by atoms with van der Waals surface area (Å²) in [6, 6.07) is 3.79. The molecule has 11 nitrogen and oxygen atoms in total. The number of nitrogens with two attached hydrogens (primary N) is 1. The van der Waals surface area contributed by atoms with Crippen LogP contribution in [0.1, 0.15) is 49.3 Å². The summed E-state index contributed by atoms with van der Waals surface area (Å²) >= 11 is 0. The molecular weight excluding hydrogens is 448 g/mol. The molecule has 1 fully saturated rings. The molecule has 2 aromatic rings. The molecule has 35 heavy (non-hydrogen) atoms. The van der Waals surface area contributed by atoms with Crippen molar-refractivity contribution in [2.24, 2.45) is 5.73 Å². The highest BCUT2D eigenvalue weighted by Crippen LogP contribution is 2.25. The molecule has 2 amide bonds. The van der Waals surface area contributed by atoms with E-state index in [4.69, 9.17) is 10.5 Å². The minimum atomic E-state index is -0.658. The van der Waals surface area contributed by atoms with E-state index in [9.17, 15) is 9.59 Å². The van der Waals surface area contributed by atoms with Gasteiger partial charge in [-0.15, -0.1) is 0 Å². The van der Waals surface area contributed by atoms with E-state index in [0.717, 1.165) is 12.8 Å². The maximum Gasteiger partial charge on any atom is 0.295 e. The minimum absolute atomic E-state index is 0.0802. The van der Waals surface area contributed by atoms with Crippen LogP contribution in [-0.4, -0.2) is 59.1 Å². The molecule has 1 aliphatic heterocycles. The largest absolute Gasteiger partial charge is 0.381 e. The molecule has 1 saturated heterocycles. The van der Waals surface area contributed by atoms with E-state index in [2.05, 4.69) is 48.1 Å². The number of amides is 2. The van der Waals surface area contributed by atoms with Crippen LogP contribution >= 0.6 is 0 Å². The summed E-state index contributed by atoms with van der Waals surface area (Å²) < 4.78 is 5.44. The molecule has 11 heteroatoms. The van der Waals surface area contributed by atoms with E-state index in [0.29, 0.717) is 62.2 Å². The minimum Gasteiger partial charge on any atom is -0.381 e. The van der Waals surface area contributed by atoms with E-state index < -0.39 is 5.91 Å². The number of aromatic nitrogens is 3. The molecule has 0 spiro atoms. The Morgan fingerprint density at radius 2 is 2.00 bits per heavy atom. The van der Waals surface area contributed by atoms with Gasteiger partial charge in [-0.3, -0.25) is 9.59 Å². The molecular formula is C24H32N8O3. The van der Waals surface area contributed by atoms with Crippen molar-refractivity contribution >= 4 is 35.0 Å². The van der Waals surface area contributed by atoms with E-state index >= 15 is 0 Å². The highest BCUT2D eigenvalue weighted by molar-refractivity contribution is 5.96. The van der Waals surface area contributed by atoms with Crippen molar-refractivity contribution in [3.8, 4) is 11.8 Å². The van der Waals surface area contributed by atoms with Crippen LogP contribution < -0.4 is 27.0 Å². The molecule has 0 aromatic carbocycles. The van der Waals surface area contributed by atoms with Gasteiger partial charge < -0.3 is 31.7 Å². The summed E-state index contributed by atoms with van der Waals surface area (Å²) in [5.74, 6) is 5.59. The second-order valence-corrected chi connectivity index (χ2v) is 7.93. The molecule has 3 rings (SSSR count). The second kappa shape index (κ2) is 13.1. The Hall–Kier alpha value is -3.91. The average Bonchev–Trinajstić information content (AvgIpc) is 2.85. The molecule has 186 valence electrons. The zero-order valence-electron chi connectivity index (χ0n) is 20.1. The van der Waals surface area contributed by atoms with Gasteiger partial charge in [0.2, 0.25) is 0 Å². The zero-order chi connectivity index (χ0) is 25.0. The van der Waals surface area contributed by atoms with Crippen molar-refractivity contribution in [1.82, 2.24) is 20.3 Å². The van der Waals surface area contributed by atoms with Gasteiger partial charge in [0.25, 0.3) is 11.8 Å². The Bertz CT molecular complexity index is 1090. The average molecular weight is 481 g/mol. The van der Waals surface area contributed by atoms with E-state index in [1.165, 1.54) is 0 Å². The summed E-state index contributed by atoms with van der Waals surface area (Å²) in [6.45, 7) is 6.08. The maximum absolute atomic E-state index is 12.1. The second-order valence-electron chi connectivity index (χ2n) is 7.93. The Morgan fingerprint density at radius 3 is 2.71 bits per heavy atom. The van der Waals surface area contributed by atoms with Gasteiger partial charge in [-0.05, 0) is 44.6 Å². The molecule has 0 unspecified atom stereocenters. The molecule has 1 aliphatic rings. The molecule has 0 atom stereocenters. The number of nitrogens with one attached hydrogen (secondary N) is 4. The number of carbonyl (C=O) groups excluding carboxylic acids is 2. The van der Waals surface area contributed by atoms with Crippen molar-refractivity contribution < 1.29 is 14.3 Å². The first-order valence-electron chi connectivity index (χ1n) is 11.7. The number of aryl methyl sites for hydroxylation is 1. The standard InChI is InChI=1S/C24H32N8O3/c1-3-6-20(33)28-11-5-10-26-19-15-17(7-12-27-19)30-24-21(22(25)34)31-18(4-2)23(32-24)29-16-8-13-35-14-9-16/h7,12,15-16H,4-5,8-11,13-14H2,1-2H3,(H2,25,34)(H,28,33)(H3,26,27,29,30,32). The number of hydrogen-bond acceptors (Lipinski definition) is 9. The highest BCUT2D eigenvalue weighted by Gasteiger charge is 2.20. The molecule has 0 radical (unpaired) electrons. The topological polar surface area (TPSA) is 156 Å². The lowest BCUT2D eigenvalue weighted by Gasteiger charge is -2.25.